The summed E-state index contributed by atoms with van der Waals surface area (Å²) in [5, 5.41) is 9.18. The summed E-state index contributed by atoms with van der Waals surface area (Å²) in [6, 6.07) is 8.90. The summed E-state index contributed by atoms with van der Waals surface area (Å²) in [6.07, 6.45) is 6.02. The van der Waals surface area contributed by atoms with Crippen molar-refractivity contribution in [2.24, 2.45) is 0 Å². The molecule has 1 fully saturated rings. The Morgan fingerprint density at radius 1 is 1.26 bits per heavy atom. The fourth-order valence-corrected chi connectivity index (χ4v) is 3.39. The first-order valence-corrected chi connectivity index (χ1v) is 7.46. The first kappa shape index (κ1) is 12.9. The summed E-state index contributed by atoms with van der Waals surface area (Å²) in [5.41, 5.74) is 1.34. The van der Waals surface area contributed by atoms with Crippen molar-refractivity contribution in [2.45, 2.75) is 44.2 Å². The Bertz CT molecular complexity index is 394. The van der Waals surface area contributed by atoms with E-state index >= 15 is 0 Å². The molecule has 0 spiro atoms. The molecule has 0 radical (unpaired) electrons. The van der Waals surface area contributed by atoms with Crippen molar-refractivity contribution in [3.8, 4) is 5.75 Å². The number of fused-ring (bicyclic) bond motifs is 1. The number of piperidine rings is 1. The number of para-hydroxylation sites is 1. The van der Waals surface area contributed by atoms with Gasteiger partial charge in [0.1, 0.15) is 11.9 Å². The highest BCUT2D eigenvalue weighted by atomic mass is 16.5. The number of hydrogen-bond acceptors (Lipinski definition) is 3. The van der Waals surface area contributed by atoms with E-state index in [0.717, 1.165) is 31.7 Å². The zero-order chi connectivity index (χ0) is 13.1. The molecular weight excluding hydrogens is 238 g/mol. The standard InChI is InChI=1S/C16H23NO2/c18-10-8-14-6-3-4-9-17(14)12-15-11-13-5-1-2-7-16(13)19-15/h1-2,5,7,14-15,18H,3-4,6,8-12H2. The molecule has 0 aliphatic carbocycles. The van der Waals surface area contributed by atoms with Gasteiger partial charge in [-0.1, -0.05) is 24.6 Å². The summed E-state index contributed by atoms with van der Waals surface area (Å²) in [6.45, 7) is 2.45. The van der Waals surface area contributed by atoms with E-state index in [2.05, 4.69) is 23.1 Å². The average Bonchev–Trinajstić information content (AvgIpc) is 2.83. The highest BCUT2D eigenvalue weighted by Crippen LogP contribution is 2.29. The molecule has 2 atom stereocenters. The molecule has 1 aromatic rings. The zero-order valence-electron chi connectivity index (χ0n) is 11.4. The largest absolute Gasteiger partial charge is 0.488 e. The third kappa shape index (κ3) is 2.93. The van der Waals surface area contributed by atoms with Crippen LogP contribution in [0, 0.1) is 0 Å². The molecule has 2 aliphatic rings. The molecule has 0 saturated carbocycles. The summed E-state index contributed by atoms with van der Waals surface area (Å²) >= 11 is 0. The molecule has 1 N–H and O–H groups in total. The Morgan fingerprint density at radius 2 is 2.16 bits per heavy atom. The molecule has 3 nitrogen and oxygen atoms in total. The normalized spacial score (nSPS) is 27.0. The lowest BCUT2D eigenvalue weighted by Crippen LogP contribution is -2.45. The minimum absolute atomic E-state index is 0.289. The van der Waals surface area contributed by atoms with Gasteiger partial charge in [-0.25, -0.2) is 0 Å². The van der Waals surface area contributed by atoms with E-state index in [9.17, 15) is 5.11 Å². The molecule has 0 aromatic heterocycles. The van der Waals surface area contributed by atoms with Gasteiger partial charge >= 0.3 is 0 Å². The second kappa shape index (κ2) is 5.93. The van der Waals surface area contributed by atoms with E-state index in [-0.39, 0.29) is 6.10 Å². The number of aliphatic hydroxyl groups excluding tert-OH is 1. The maximum Gasteiger partial charge on any atom is 0.123 e. The fraction of sp³-hybridized carbons (Fsp3) is 0.625. The highest BCUT2D eigenvalue weighted by Gasteiger charge is 2.28. The monoisotopic (exact) mass is 261 g/mol. The number of likely N-dealkylation sites (tertiary alicyclic amines) is 1. The third-order valence-electron chi connectivity index (χ3n) is 4.36. The van der Waals surface area contributed by atoms with Crippen LogP contribution in [0.15, 0.2) is 24.3 Å². The molecule has 3 rings (SSSR count). The number of ether oxygens (including phenoxy) is 1. The van der Waals surface area contributed by atoms with Crippen LogP contribution in [-0.4, -0.2) is 41.8 Å². The summed E-state index contributed by atoms with van der Waals surface area (Å²) in [7, 11) is 0. The molecular formula is C16H23NO2. The van der Waals surface area contributed by atoms with Gasteiger partial charge in [-0.15, -0.1) is 0 Å². The highest BCUT2D eigenvalue weighted by molar-refractivity contribution is 5.37. The Morgan fingerprint density at radius 3 is 3.00 bits per heavy atom. The van der Waals surface area contributed by atoms with Crippen molar-refractivity contribution in [3.63, 3.8) is 0 Å². The number of nitrogens with zero attached hydrogens (tertiary/aromatic N) is 1. The number of rotatable bonds is 4. The number of hydrogen-bond donors (Lipinski definition) is 1. The van der Waals surface area contributed by atoms with Crippen molar-refractivity contribution in [2.75, 3.05) is 19.7 Å². The summed E-state index contributed by atoms with van der Waals surface area (Å²) in [5.74, 6) is 1.06. The number of aliphatic hydroxyl groups is 1. The van der Waals surface area contributed by atoms with Crippen LogP contribution in [0.5, 0.6) is 5.75 Å². The first-order chi connectivity index (χ1) is 9.36. The Hall–Kier alpha value is -1.06. The smallest absolute Gasteiger partial charge is 0.123 e. The minimum atomic E-state index is 0.289. The Labute approximate surface area is 115 Å². The molecule has 2 aliphatic heterocycles. The molecule has 104 valence electrons. The van der Waals surface area contributed by atoms with Crippen LogP contribution in [-0.2, 0) is 6.42 Å². The summed E-state index contributed by atoms with van der Waals surface area (Å²) in [4.78, 5) is 2.52. The second-order valence-corrected chi connectivity index (χ2v) is 5.71. The first-order valence-electron chi connectivity index (χ1n) is 7.46. The van der Waals surface area contributed by atoms with Gasteiger partial charge in [0, 0.05) is 25.6 Å². The predicted octanol–water partition coefficient (Wildman–Crippen LogP) is 2.23. The molecule has 2 unspecified atom stereocenters. The molecule has 1 aromatic carbocycles. The molecule has 19 heavy (non-hydrogen) atoms. The van der Waals surface area contributed by atoms with Crippen molar-refractivity contribution in [1.82, 2.24) is 4.90 Å². The van der Waals surface area contributed by atoms with Gasteiger partial charge in [0.2, 0.25) is 0 Å². The van der Waals surface area contributed by atoms with Gasteiger partial charge in [0.05, 0.1) is 0 Å². The van der Waals surface area contributed by atoms with Gasteiger partial charge in [-0.2, -0.15) is 0 Å². The molecule has 0 bridgehead atoms. The molecule has 2 heterocycles. The van der Waals surface area contributed by atoms with Crippen LogP contribution in [0.1, 0.15) is 31.2 Å². The summed E-state index contributed by atoms with van der Waals surface area (Å²) < 4.78 is 6.03. The van der Waals surface area contributed by atoms with Crippen molar-refractivity contribution in [3.05, 3.63) is 29.8 Å². The van der Waals surface area contributed by atoms with Crippen LogP contribution < -0.4 is 4.74 Å². The van der Waals surface area contributed by atoms with E-state index < -0.39 is 0 Å². The predicted molar refractivity (Wildman–Crippen MR) is 75.5 cm³/mol. The molecule has 0 amide bonds. The molecule has 1 saturated heterocycles. The van der Waals surface area contributed by atoms with E-state index in [1.807, 2.05) is 6.07 Å². The lowest BCUT2D eigenvalue weighted by Gasteiger charge is -2.36. The average molecular weight is 261 g/mol. The maximum atomic E-state index is 9.18. The van der Waals surface area contributed by atoms with Crippen LogP contribution >= 0.6 is 0 Å². The Balaban J connectivity index is 1.60. The number of benzene rings is 1. The van der Waals surface area contributed by atoms with Gasteiger partial charge in [-0.3, -0.25) is 4.90 Å². The maximum absolute atomic E-state index is 9.18. The molecule has 3 heteroatoms. The zero-order valence-corrected chi connectivity index (χ0v) is 11.4. The SMILES string of the molecule is OCCC1CCCCN1CC1Cc2ccccc2O1. The van der Waals surface area contributed by atoms with Gasteiger partial charge in [-0.05, 0) is 37.4 Å². The van der Waals surface area contributed by atoms with E-state index in [4.69, 9.17) is 4.74 Å². The fourth-order valence-electron chi connectivity index (χ4n) is 3.39. The van der Waals surface area contributed by atoms with Crippen LogP contribution in [0.2, 0.25) is 0 Å². The Kier molecular flexibility index (Phi) is 4.04. The minimum Gasteiger partial charge on any atom is -0.488 e. The van der Waals surface area contributed by atoms with Crippen LogP contribution in [0.25, 0.3) is 0 Å². The van der Waals surface area contributed by atoms with Crippen LogP contribution in [0.4, 0.5) is 0 Å². The van der Waals surface area contributed by atoms with Crippen molar-refractivity contribution >= 4 is 0 Å². The van der Waals surface area contributed by atoms with E-state index in [1.54, 1.807) is 0 Å². The van der Waals surface area contributed by atoms with Gasteiger partial charge in [0.25, 0.3) is 0 Å². The second-order valence-electron chi connectivity index (χ2n) is 5.71. The topological polar surface area (TPSA) is 32.7 Å². The van der Waals surface area contributed by atoms with E-state index in [0.29, 0.717) is 12.6 Å². The third-order valence-corrected chi connectivity index (χ3v) is 4.36. The lowest BCUT2D eigenvalue weighted by atomic mass is 9.98. The van der Waals surface area contributed by atoms with Crippen molar-refractivity contribution < 1.29 is 9.84 Å². The van der Waals surface area contributed by atoms with Crippen molar-refractivity contribution in [1.29, 1.82) is 0 Å². The van der Waals surface area contributed by atoms with Gasteiger partial charge < -0.3 is 9.84 Å². The lowest BCUT2D eigenvalue weighted by molar-refractivity contribution is 0.0757. The van der Waals surface area contributed by atoms with E-state index in [1.165, 1.54) is 24.8 Å². The quantitative estimate of drug-likeness (QED) is 0.902. The van der Waals surface area contributed by atoms with Crippen LogP contribution in [0.3, 0.4) is 0 Å². The van der Waals surface area contributed by atoms with Gasteiger partial charge in [0.15, 0.2) is 0 Å².